The van der Waals surface area contributed by atoms with Crippen LogP contribution in [0.3, 0.4) is 0 Å². The summed E-state index contributed by atoms with van der Waals surface area (Å²) in [5, 5.41) is 0. The first kappa shape index (κ1) is 11.7. The Morgan fingerprint density at radius 2 is 1.88 bits per heavy atom. The summed E-state index contributed by atoms with van der Waals surface area (Å²) in [6.07, 6.45) is 7.39. The van der Waals surface area contributed by atoms with Crippen molar-refractivity contribution in [1.29, 1.82) is 0 Å². The van der Waals surface area contributed by atoms with Crippen molar-refractivity contribution in [2.24, 2.45) is 0 Å². The van der Waals surface area contributed by atoms with E-state index in [0.717, 1.165) is 6.54 Å². The first-order valence-electron chi connectivity index (χ1n) is 5.76. The van der Waals surface area contributed by atoms with Crippen molar-refractivity contribution in [2.75, 3.05) is 7.05 Å². The molecule has 0 saturated carbocycles. The average molecular weight is 227 g/mol. The molecule has 0 aliphatic heterocycles. The van der Waals surface area contributed by atoms with Gasteiger partial charge in [0, 0.05) is 37.4 Å². The lowest BCUT2D eigenvalue weighted by atomic mass is 10.1. The van der Waals surface area contributed by atoms with Gasteiger partial charge in [-0.05, 0) is 43.3 Å². The van der Waals surface area contributed by atoms with Crippen LogP contribution in [0.25, 0.3) is 0 Å². The van der Waals surface area contributed by atoms with Crippen molar-refractivity contribution in [2.45, 2.75) is 19.5 Å². The van der Waals surface area contributed by atoms with Crippen molar-refractivity contribution < 1.29 is 0 Å². The van der Waals surface area contributed by atoms with Gasteiger partial charge in [-0.25, -0.2) is 0 Å². The Labute approximate surface area is 102 Å². The Morgan fingerprint density at radius 1 is 1.12 bits per heavy atom. The molecule has 0 radical (unpaired) electrons. The molecule has 0 spiro atoms. The van der Waals surface area contributed by atoms with Crippen LogP contribution in [0.1, 0.15) is 24.1 Å². The van der Waals surface area contributed by atoms with E-state index in [4.69, 9.17) is 0 Å². The highest BCUT2D eigenvalue weighted by atomic mass is 15.1. The van der Waals surface area contributed by atoms with Crippen LogP contribution in [0.5, 0.6) is 0 Å². The minimum absolute atomic E-state index is 0.358. The molecule has 2 aromatic rings. The zero-order valence-electron chi connectivity index (χ0n) is 10.2. The summed E-state index contributed by atoms with van der Waals surface area (Å²) in [6, 6.07) is 8.54. The standard InChI is InChI=1S/C14H17N3/c1-12(14-4-3-7-16-10-14)17(2)11-13-5-8-15-9-6-13/h3-10,12H,11H2,1-2H3/t12-/m0/s1. The van der Waals surface area contributed by atoms with Gasteiger partial charge in [-0.15, -0.1) is 0 Å². The molecule has 2 heterocycles. The smallest absolute Gasteiger partial charge is 0.0335 e. The third-order valence-electron chi connectivity index (χ3n) is 3.01. The van der Waals surface area contributed by atoms with Gasteiger partial charge in [0.15, 0.2) is 0 Å². The molecule has 0 aromatic carbocycles. The van der Waals surface area contributed by atoms with E-state index < -0.39 is 0 Å². The Morgan fingerprint density at radius 3 is 2.53 bits per heavy atom. The van der Waals surface area contributed by atoms with Crippen LogP contribution in [0.2, 0.25) is 0 Å². The Hall–Kier alpha value is -1.74. The summed E-state index contributed by atoms with van der Waals surface area (Å²) in [6.45, 7) is 3.11. The monoisotopic (exact) mass is 227 g/mol. The highest BCUT2D eigenvalue weighted by Crippen LogP contribution is 2.19. The fraction of sp³-hybridized carbons (Fsp3) is 0.286. The second-order valence-electron chi connectivity index (χ2n) is 4.23. The number of pyridine rings is 2. The summed E-state index contributed by atoms with van der Waals surface area (Å²) in [5.74, 6) is 0. The molecule has 17 heavy (non-hydrogen) atoms. The van der Waals surface area contributed by atoms with Crippen molar-refractivity contribution >= 4 is 0 Å². The minimum atomic E-state index is 0.358. The molecule has 0 aliphatic carbocycles. The van der Waals surface area contributed by atoms with E-state index in [1.165, 1.54) is 11.1 Å². The van der Waals surface area contributed by atoms with E-state index in [9.17, 15) is 0 Å². The van der Waals surface area contributed by atoms with Crippen LogP contribution in [-0.4, -0.2) is 21.9 Å². The van der Waals surface area contributed by atoms with Crippen LogP contribution in [0, 0.1) is 0 Å². The van der Waals surface area contributed by atoms with E-state index in [1.54, 1.807) is 6.20 Å². The van der Waals surface area contributed by atoms with Crippen LogP contribution in [-0.2, 0) is 6.54 Å². The fourth-order valence-corrected chi connectivity index (χ4v) is 1.79. The second kappa shape index (κ2) is 5.55. The molecule has 0 saturated heterocycles. The van der Waals surface area contributed by atoms with Crippen molar-refractivity contribution in [3.8, 4) is 0 Å². The third-order valence-corrected chi connectivity index (χ3v) is 3.01. The number of nitrogens with zero attached hydrogens (tertiary/aromatic N) is 3. The minimum Gasteiger partial charge on any atom is -0.295 e. The van der Waals surface area contributed by atoms with Crippen LogP contribution < -0.4 is 0 Å². The van der Waals surface area contributed by atoms with E-state index in [2.05, 4.69) is 34.9 Å². The van der Waals surface area contributed by atoms with Gasteiger partial charge in [-0.3, -0.25) is 14.9 Å². The molecular weight excluding hydrogens is 210 g/mol. The van der Waals surface area contributed by atoms with Crippen LogP contribution in [0.4, 0.5) is 0 Å². The molecule has 0 unspecified atom stereocenters. The lowest BCUT2D eigenvalue weighted by Crippen LogP contribution is -2.21. The highest BCUT2D eigenvalue weighted by molar-refractivity contribution is 5.14. The molecule has 0 amide bonds. The molecule has 2 aromatic heterocycles. The van der Waals surface area contributed by atoms with E-state index in [1.807, 2.05) is 36.8 Å². The van der Waals surface area contributed by atoms with Gasteiger partial charge < -0.3 is 0 Å². The van der Waals surface area contributed by atoms with Crippen molar-refractivity contribution in [1.82, 2.24) is 14.9 Å². The molecule has 0 N–H and O–H groups in total. The highest BCUT2D eigenvalue weighted by Gasteiger charge is 2.11. The van der Waals surface area contributed by atoms with Gasteiger partial charge in [0.1, 0.15) is 0 Å². The van der Waals surface area contributed by atoms with Gasteiger partial charge in [-0.2, -0.15) is 0 Å². The third kappa shape index (κ3) is 3.11. The summed E-state index contributed by atoms with van der Waals surface area (Å²) in [4.78, 5) is 10.5. The van der Waals surface area contributed by atoms with E-state index in [0.29, 0.717) is 6.04 Å². The largest absolute Gasteiger partial charge is 0.295 e. The normalized spacial score (nSPS) is 12.6. The summed E-state index contributed by atoms with van der Waals surface area (Å²) < 4.78 is 0. The molecule has 0 bridgehead atoms. The van der Waals surface area contributed by atoms with Crippen LogP contribution >= 0.6 is 0 Å². The number of rotatable bonds is 4. The predicted octanol–water partition coefficient (Wildman–Crippen LogP) is 2.67. The SMILES string of the molecule is C[C@@H](c1cccnc1)N(C)Cc1ccncc1. The molecule has 1 atom stereocenters. The Balaban J connectivity index is 2.03. The fourth-order valence-electron chi connectivity index (χ4n) is 1.79. The van der Waals surface area contributed by atoms with Crippen LogP contribution in [0.15, 0.2) is 49.1 Å². The maximum atomic E-state index is 4.16. The summed E-state index contributed by atoms with van der Waals surface area (Å²) in [7, 11) is 2.12. The molecule has 88 valence electrons. The predicted molar refractivity (Wildman–Crippen MR) is 68.4 cm³/mol. The number of hydrogen-bond acceptors (Lipinski definition) is 3. The van der Waals surface area contributed by atoms with Gasteiger partial charge in [-0.1, -0.05) is 6.07 Å². The maximum Gasteiger partial charge on any atom is 0.0335 e. The van der Waals surface area contributed by atoms with E-state index >= 15 is 0 Å². The van der Waals surface area contributed by atoms with Gasteiger partial charge in [0.25, 0.3) is 0 Å². The first-order valence-corrected chi connectivity index (χ1v) is 5.76. The average Bonchev–Trinajstić information content (AvgIpc) is 2.40. The molecule has 2 rings (SSSR count). The Bertz CT molecular complexity index is 442. The van der Waals surface area contributed by atoms with Gasteiger partial charge in [0.2, 0.25) is 0 Å². The molecule has 0 fully saturated rings. The quantitative estimate of drug-likeness (QED) is 0.804. The topological polar surface area (TPSA) is 29.0 Å². The summed E-state index contributed by atoms with van der Waals surface area (Å²) in [5.41, 5.74) is 2.52. The second-order valence-corrected chi connectivity index (χ2v) is 4.23. The lowest BCUT2D eigenvalue weighted by molar-refractivity contribution is 0.252. The van der Waals surface area contributed by atoms with Gasteiger partial charge in [0.05, 0.1) is 0 Å². The number of aromatic nitrogens is 2. The van der Waals surface area contributed by atoms with Crippen molar-refractivity contribution in [3.05, 3.63) is 60.2 Å². The lowest BCUT2D eigenvalue weighted by Gasteiger charge is -2.24. The maximum absolute atomic E-state index is 4.16. The van der Waals surface area contributed by atoms with Crippen molar-refractivity contribution in [3.63, 3.8) is 0 Å². The molecule has 0 aliphatic rings. The number of hydrogen-bond donors (Lipinski definition) is 0. The zero-order valence-corrected chi connectivity index (χ0v) is 10.2. The molecular formula is C14H17N3. The molecule has 3 heteroatoms. The molecule has 3 nitrogen and oxygen atoms in total. The first-order chi connectivity index (χ1) is 8.27. The summed E-state index contributed by atoms with van der Waals surface area (Å²) >= 11 is 0. The van der Waals surface area contributed by atoms with E-state index in [-0.39, 0.29) is 0 Å². The van der Waals surface area contributed by atoms with Gasteiger partial charge >= 0.3 is 0 Å². The Kier molecular flexibility index (Phi) is 3.83. The zero-order chi connectivity index (χ0) is 12.1.